The molecular weight excluding hydrogens is 352 g/mol. The second-order valence-electron chi connectivity index (χ2n) is 6.30. The molecule has 0 aliphatic rings. The van der Waals surface area contributed by atoms with Crippen LogP contribution in [0.4, 0.5) is 0 Å². The van der Waals surface area contributed by atoms with Crippen LogP contribution in [0.25, 0.3) is 0 Å². The number of rotatable bonds is 5. The first-order valence-corrected chi connectivity index (χ1v) is 9.88. The molecule has 1 atom stereocenters. The molecule has 1 unspecified atom stereocenters. The number of nitrogens with one attached hydrogen (secondary N) is 1. The second-order valence-corrected chi connectivity index (χ2v) is 8.29. The summed E-state index contributed by atoms with van der Waals surface area (Å²) in [6, 6.07) is 12.5. The molecule has 7 heteroatoms. The zero-order valence-corrected chi connectivity index (χ0v) is 16.0. The van der Waals surface area contributed by atoms with Crippen LogP contribution >= 0.6 is 0 Å². The van der Waals surface area contributed by atoms with E-state index in [0.29, 0.717) is 11.1 Å². The predicted molar refractivity (Wildman–Crippen MR) is 99.6 cm³/mol. The quantitative estimate of drug-likeness (QED) is 0.867. The first-order chi connectivity index (χ1) is 12.1. The molecule has 0 radical (unpaired) electrons. The summed E-state index contributed by atoms with van der Waals surface area (Å²) in [7, 11) is -0.237. The number of amides is 2. The monoisotopic (exact) mass is 374 g/mol. The topological polar surface area (TPSA) is 83.6 Å². The second kappa shape index (κ2) is 7.70. The highest BCUT2D eigenvalue weighted by molar-refractivity contribution is 7.90. The summed E-state index contributed by atoms with van der Waals surface area (Å²) in [6.45, 7) is 1.67. The van der Waals surface area contributed by atoms with E-state index in [1.165, 1.54) is 11.0 Å². The Morgan fingerprint density at radius 1 is 1.04 bits per heavy atom. The number of carbonyl (C=O) groups excluding carboxylic acids is 2. The van der Waals surface area contributed by atoms with Crippen molar-refractivity contribution in [2.45, 2.75) is 17.9 Å². The Balaban J connectivity index is 2.38. The summed E-state index contributed by atoms with van der Waals surface area (Å²) in [6.07, 6.45) is 1.10. The van der Waals surface area contributed by atoms with Crippen molar-refractivity contribution in [1.29, 1.82) is 0 Å². The lowest BCUT2D eigenvalue weighted by Crippen LogP contribution is -2.39. The average molecular weight is 374 g/mol. The van der Waals surface area contributed by atoms with E-state index in [9.17, 15) is 18.0 Å². The number of nitrogens with zero attached hydrogens (tertiary/aromatic N) is 1. The van der Waals surface area contributed by atoms with E-state index in [0.717, 1.165) is 6.26 Å². The van der Waals surface area contributed by atoms with Gasteiger partial charge in [0.15, 0.2) is 9.84 Å². The van der Waals surface area contributed by atoms with Crippen LogP contribution in [0, 0.1) is 6.92 Å². The smallest absolute Gasteiger partial charge is 0.252 e. The van der Waals surface area contributed by atoms with Crippen molar-refractivity contribution in [3.63, 3.8) is 0 Å². The SMILES string of the molecule is Cc1ccc(C(=O)NC(C(=O)N(C)C)c2ccccc2)cc1S(C)(=O)=O. The minimum Gasteiger partial charge on any atom is -0.347 e. The molecule has 138 valence electrons. The zero-order chi connectivity index (χ0) is 19.5. The first kappa shape index (κ1) is 19.7. The highest BCUT2D eigenvalue weighted by Gasteiger charge is 2.25. The summed E-state index contributed by atoms with van der Waals surface area (Å²) in [5.41, 5.74) is 1.39. The molecule has 0 aromatic heterocycles. The Morgan fingerprint density at radius 2 is 1.65 bits per heavy atom. The number of aryl methyl sites for hydroxylation is 1. The fraction of sp³-hybridized carbons (Fsp3) is 0.263. The molecule has 0 saturated heterocycles. The Bertz CT molecular complexity index is 922. The molecule has 0 aliphatic heterocycles. The Hall–Kier alpha value is -2.67. The van der Waals surface area contributed by atoms with E-state index in [2.05, 4.69) is 5.32 Å². The van der Waals surface area contributed by atoms with E-state index >= 15 is 0 Å². The number of hydrogen-bond donors (Lipinski definition) is 1. The summed E-state index contributed by atoms with van der Waals surface area (Å²) >= 11 is 0. The van der Waals surface area contributed by atoms with Crippen molar-refractivity contribution in [3.8, 4) is 0 Å². The molecule has 0 aliphatic carbocycles. The highest BCUT2D eigenvalue weighted by atomic mass is 32.2. The molecule has 2 amide bonds. The molecule has 0 fully saturated rings. The third-order valence-electron chi connectivity index (χ3n) is 3.95. The normalized spacial score (nSPS) is 12.3. The maximum Gasteiger partial charge on any atom is 0.252 e. The van der Waals surface area contributed by atoms with Crippen molar-refractivity contribution in [3.05, 3.63) is 65.2 Å². The number of benzene rings is 2. The fourth-order valence-electron chi connectivity index (χ4n) is 2.55. The Kier molecular flexibility index (Phi) is 5.82. The van der Waals surface area contributed by atoms with Crippen molar-refractivity contribution in [1.82, 2.24) is 10.2 Å². The van der Waals surface area contributed by atoms with E-state index < -0.39 is 21.8 Å². The van der Waals surface area contributed by atoms with Gasteiger partial charge in [-0.25, -0.2) is 8.42 Å². The van der Waals surface area contributed by atoms with Gasteiger partial charge in [0.2, 0.25) is 5.91 Å². The van der Waals surface area contributed by atoms with Crippen molar-refractivity contribution in [2.75, 3.05) is 20.4 Å². The van der Waals surface area contributed by atoms with Crippen molar-refractivity contribution < 1.29 is 18.0 Å². The summed E-state index contributed by atoms with van der Waals surface area (Å²) < 4.78 is 23.8. The average Bonchev–Trinajstić information content (AvgIpc) is 2.58. The van der Waals surface area contributed by atoms with E-state index in [-0.39, 0.29) is 16.4 Å². The maximum atomic E-state index is 12.7. The Morgan fingerprint density at radius 3 is 2.19 bits per heavy atom. The zero-order valence-electron chi connectivity index (χ0n) is 15.2. The van der Waals surface area contributed by atoms with Gasteiger partial charge in [0.1, 0.15) is 6.04 Å². The molecule has 0 spiro atoms. The number of sulfone groups is 1. The molecular formula is C19H22N2O4S. The molecule has 2 aromatic rings. The van der Waals surface area contributed by atoms with E-state index in [1.807, 2.05) is 6.07 Å². The molecule has 0 bridgehead atoms. The van der Waals surface area contributed by atoms with Crippen LogP contribution in [-0.2, 0) is 14.6 Å². The lowest BCUT2D eigenvalue weighted by atomic mass is 10.0. The van der Waals surface area contributed by atoms with Crippen molar-refractivity contribution in [2.24, 2.45) is 0 Å². The summed E-state index contributed by atoms with van der Waals surface area (Å²) in [5.74, 6) is -0.793. The van der Waals surface area contributed by atoms with Gasteiger partial charge in [-0.2, -0.15) is 0 Å². The molecule has 2 aromatic carbocycles. The maximum absolute atomic E-state index is 12.7. The van der Waals surface area contributed by atoms with Crippen LogP contribution in [0.1, 0.15) is 27.5 Å². The largest absolute Gasteiger partial charge is 0.347 e. The first-order valence-electron chi connectivity index (χ1n) is 7.99. The van der Waals surface area contributed by atoms with Crippen LogP contribution in [-0.4, -0.2) is 45.5 Å². The van der Waals surface area contributed by atoms with E-state index in [4.69, 9.17) is 0 Å². The number of likely N-dealkylation sites (N-methyl/N-ethyl adjacent to an activating group) is 1. The van der Waals surface area contributed by atoms with Crippen molar-refractivity contribution >= 4 is 21.7 Å². The number of carbonyl (C=O) groups is 2. The number of hydrogen-bond acceptors (Lipinski definition) is 4. The van der Waals surface area contributed by atoms with Crippen LogP contribution in [0.5, 0.6) is 0 Å². The van der Waals surface area contributed by atoms with Gasteiger partial charge in [0.25, 0.3) is 5.91 Å². The lowest BCUT2D eigenvalue weighted by molar-refractivity contribution is -0.130. The molecule has 26 heavy (non-hydrogen) atoms. The molecule has 0 saturated carbocycles. The van der Waals surface area contributed by atoms with Crippen LogP contribution < -0.4 is 5.32 Å². The van der Waals surface area contributed by atoms with Gasteiger partial charge in [-0.3, -0.25) is 9.59 Å². The van der Waals surface area contributed by atoms with Gasteiger partial charge >= 0.3 is 0 Å². The van der Waals surface area contributed by atoms with Crippen LogP contribution in [0.15, 0.2) is 53.4 Å². The van der Waals surface area contributed by atoms with Gasteiger partial charge in [0, 0.05) is 25.9 Å². The molecule has 2 rings (SSSR count). The molecule has 0 heterocycles. The predicted octanol–water partition coefficient (Wildman–Crippen LogP) is 1.96. The molecule has 6 nitrogen and oxygen atoms in total. The van der Waals surface area contributed by atoms with Gasteiger partial charge in [-0.1, -0.05) is 36.4 Å². The van der Waals surface area contributed by atoms with Gasteiger partial charge < -0.3 is 10.2 Å². The third-order valence-corrected chi connectivity index (χ3v) is 5.18. The van der Waals surface area contributed by atoms with Crippen LogP contribution in [0.3, 0.4) is 0 Å². The summed E-state index contributed by atoms with van der Waals surface area (Å²) in [5, 5.41) is 2.70. The highest BCUT2D eigenvalue weighted by Crippen LogP contribution is 2.19. The molecule has 1 N–H and O–H groups in total. The Labute approximate surface area is 153 Å². The fourth-order valence-corrected chi connectivity index (χ4v) is 3.54. The van der Waals surface area contributed by atoms with E-state index in [1.54, 1.807) is 57.4 Å². The minimum atomic E-state index is -3.46. The third kappa shape index (κ3) is 4.49. The van der Waals surface area contributed by atoms with Gasteiger partial charge in [-0.05, 0) is 30.2 Å². The minimum absolute atomic E-state index is 0.0975. The van der Waals surface area contributed by atoms with Gasteiger partial charge in [-0.15, -0.1) is 0 Å². The van der Waals surface area contributed by atoms with Gasteiger partial charge in [0.05, 0.1) is 4.90 Å². The standard InChI is InChI=1S/C19H22N2O4S/c1-13-10-11-15(12-16(13)26(4,24)25)18(22)20-17(19(23)21(2)3)14-8-6-5-7-9-14/h5-12,17H,1-4H3,(H,20,22). The van der Waals surface area contributed by atoms with Crippen LogP contribution in [0.2, 0.25) is 0 Å². The lowest BCUT2D eigenvalue weighted by Gasteiger charge is -2.22. The summed E-state index contributed by atoms with van der Waals surface area (Å²) in [4.78, 5) is 26.7.